The first-order valence-corrected chi connectivity index (χ1v) is 9.79. The van der Waals surface area contributed by atoms with Crippen LogP contribution in [0.3, 0.4) is 0 Å². The third kappa shape index (κ3) is 3.07. The molecule has 2 aromatic rings. The molecule has 0 saturated carbocycles. The van der Waals surface area contributed by atoms with Gasteiger partial charge < -0.3 is 19.9 Å². The van der Waals surface area contributed by atoms with Crippen molar-refractivity contribution < 1.29 is 14.1 Å². The number of aryl methyl sites for hydroxylation is 1. The molecule has 1 saturated heterocycles. The summed E-state index contributed by atoms with van der Waals surface area (Å²) in [7, 11) is 1.74. The second-order valence-corrected chi connectivity index (χ2v) is 7.53. The molecule has 1 aliphatic carbocycles. The molecule has 2 N–H and O–H groups in total. The van der Waals surface area contributed by atoms with Gasteiger partial charge in [0.05, 0.1) is 12.1 Å². The zero-order valence-electron chi connectivity index (χ0n) is 16.0. The first kappa shape index (κ1) is 18.2. The van der Waals surface area contributed by atoms with E-state index in [9.17, 15) is 4.79 Å². The number of ether oxygens (including phenoxy) is 1. The molecule has 4 rings (SSSR count). The Morgan fingerprint density at radius 1 is 1.37 bits per heavy atom. The number of carbonyl (C=O) groups is 1. The van der Waals surface area contributed by atoms with Crippen LogP contribution in [0.25, 0.3) is 0 Å². The highest BCUT2D eigenvalue weighted by Crippen LogP contribution is 2.51. The highest BCUT2D eigenvalue weighted by Gasteiger charge is 2.53. The van der Waals surface area contributed by atoms with Gasteiger partial charge in [-0.2, -0.15) is 0 Å². The molecular formula is C21H27N3O3. The van der Waals surface area contributed by atoms with Gasteiger partial charge in [-0.3, -0.25) is 4.79 Å². The van der Waals surface area contributed by atoms with Gasteiger partial charge >= 0.3 is 0 Å². The lowest BCUT2D eigenvalue weighted by molar-refractivity contribution is 0.00389. The van der Waals surface area contributed by atoms with Crippen LogP contribution in [-0.4, -0.2) is 37.4 Å². The Morgan fingerprint density at radius 2 is 2.15 bits per heavy atom. The van der Waals surface area contributed by atoms with Crippen molar-refractivity contribution in [2.24, 2.45) is 0 Å². The molecule has 2 atom stereocenters. The fraction of sp³-hybridized carbons (Fsp3) is 0.524. The predicted molar refractivity (Wildman–Crippen MR) is 102 cm³/mol. The van der Waals surface area contributed by atoms with E-state index in [0.29, 0.717) is 5.69 Å². The summed E-state index contributed by atoms with van der Waals surface area (Å²) in [4.78, 5) is 12.9. The van der Waals surface area contributed by atoms with Crippen molar-refractivity contribution in [2.45, 2.75) is 50.2 Å². The molecule has 2 heterocycles. The van der Waals surface area contributed by atoms with Crippen molar-refractivity contribution in [3.05, 3.63) is 52.9 Å². The lowest BCUT2D eigenvalue weighted by Gasteiger charge is -2.40. The second-order valence-electron chi connectivity index (χ2n) is 7.53. The van der Waals surface area contributed by atoms with E-state index in [1.54, 1.807) is 13.2 Å². The summed E-state index contributed by atoms with van der Waals surface area (Å²) in [5, 5.41) is 10.6. The van der Waals surface area contributed by atoms with Gasteiger partial charge in [0.2, 0.25) is 0 Å². The van der Waals surface area contributed by atoms with Gasteiger partial charge in [-0.15, -0.1) is 0 Å². The van der Waals surface area contributed by atoms with Crippen LogP contribution in [0.2, 0.25) is 0 Å². The van der Waals surface area contributed by atoms with Crippen LogP contribution in [0.4, 0.5) is 0 Å². The van der Waals surface area contributed by atoms with E-state index in [2.05, 4.69) is 40.9 Å². The normalized spacial score (nSPS) is 23.3. The van der Waals surface area contributed by atoms with Crippen LogP contribution < -0.4 is 10.6 Å². The van der Waals surface area contributed by atoms with Crippen molar-refractivity contribution in [1.82, 2.24) is 15.8 Å². The van der Waals surface area contributed by atoms with Crippen LogP contribution in [0.15, 0.2) is 34.9 Å². The number of fused-ring (bicyclic) bond motifs is 2. The summed E-state index contributed by atoms with van der Waals surface area (Å²) in [6.07, 6.45) is 3.64. The summed E-state index contributed by atoms with van der Waals surface area (Å²) < 4.78 is 11.3. The maximum absolute atomic E-state index is 12.9. The number of hydrogen-bond donors (Lipinski definition) is 2. The molecule has 1 amide bonds. The molecule has 1 aromatic carbocycles. The van der Waals surface area contributed by atoms with Gasteiger partial charge in [0, 0.05) is 25.0 Å². The predicted octanol–water partition coefficient (Wildman–Crippen LogP) is 2.75. The lowest BCUT2D eigenvalue weighted by Crippen LogP contribution is -2.49. The summed E-state index contributed by atoms with van der Waals surface area (Å²) in [5.74, 6) is 0.529. The maximum atomic E-state index is 12.9. The number of piperidine rings is 1. The van der Waals surface area contributed by atoms with E-state index >= 15 is 0 Å². The third-order valence-corrected chi connectivity index (χ3v) is 6.00. The van der Waals surface area contributed by atoms with Gasteiger partial charge in [-0.05, 0) is 43.5 Å². The van der Waals surface area contributed by atoms with Crippen LogP contribution in [0.1, 0.15) is 59.6 Å². The van der Waals surface area contributed by atoms with Crippen molar-refractivity contribution in [1.29, 1.82) is 0 Å². The Kier molecular flexibility index (Phi) is 5.02. The van der Waals surface area contributed by atoms with E-state index < -0.39 is 0 Å². The Morgan fingerprint density at radius 3 is 2.89 bits per heavy atom. The molecule has 1 fully saturated rings. The van der Waals surface area contributed by atoms with E-state index in [-0.39, 0.29) is 23.5 Å². The highest BCUT2D eigenvalue weighted by molar-refractivity contribution is 5.92. The number of aromatic nitrogens is 1. The Balaban J connectivity index is 1.64. The van der Waals surface area contributed by atoms with Crippen molar-refractivity contribution in [2.75, 3.05) is 20.2 Å². The van der Waals surface area contributed by atoms with Gasteiger partial charge in [0.25, 0.3) is 5.91 Å². The van der Waals surface area contributed by atoms with E-state index in [1.165, 1.54) is 5.56 Å². The van der Waals surface area contributed by atoms with Crippen molar-refractivity contribution in [3.63, 3.8) is 0 Å². The lowest BCUT2D eigenvalue weighted by atomic mass is 9.72. The second kappa shape index (κ2) is 7.44. The molecule has 6 heteroatoms. The topological polar surface area (TPSA) is 76.4 Å². The number of rotatable bonds is 5. The Labute approximate surface area is 159 Å². The van der Waals surface area contributed by atoms with E-state index in [0.717, 1.165) is 50.1 Å². The molecule has 6 nitrogen and oxygen atoms in total. The number of nitrogens with one attached hydrogen (secondary N) is 2. The number of benzene rings is 1. The molecule has 0 bridgehead atoms. The maximum Gasteiger partial charge on any atom is 0.274 e. The molecule has 1 aliphatic heterocycles. The third-order valence-electron chi connectivity index (χ3n) is 6.00. The number of methoxy groups -OCH3 is 1. The molecular weight excluding hydrogens is 342 g/mol. The summed E-state index contributed by atoms with van der Waals surface area (Å²) in [6.45, 7) is 3.98. The first-order chi connectivity index (χ1) is 13.2. The fourth-order valence-corrected chi connectivity index (χ4v) is 4.80. The Bertz CT molecular complexity index is 811. The number of hydrogen-bond acceptors (Lipinski definition) is 5. The van der Waals surface area contributed by atoms with Gasteiger partial charge in [-0.1, -0.05) is 36.3 Å². The van der Waals surface area contributed by atoms with Crippen molar-refractivity contribution in [3.8, 4) is 0 Å². The minimum Gasteiger partial charge on any atom is -0.378 e. The SMILES string of the molecule is CCCc1cc(C(=O)N[C@@H]2c3ccccc3C3(CCNCC3)[C@H]2OC)no1. The highest BCUT2D eigenvalue weighted by atomic mass is 16.5. The van der Waals surface area contributed by atoms with Gasteiger partial charge in [0.15, 0.2) is 5.69 Å². The molecule has 0 unspecified atom stereocenters. The quantitative estimate of drug-likeness (QED) is 0.848. The number of nitrogens with zero attached hydrogens (tertiary/aromatic N) is 1. The minimum atomic E-state index is -0.214. The van der Waals surface area contributed by atoms with Gasteiger partial charge in [0.1, 0.15) is 5.76 Å². The number of carbonyl (C=O) groups excluding carboxylic acids is 1. The number of amides is 1. The fourth-order valence-electron chi connectivity index (χ4n) is 4.80. The van der Waals surface area contributed by atoms with Gasteiger partial charge in [-0.25, -0.2) is 0 Å². The van der Waals surface area contributed by atoms with Crippen LogP contribution in [0, 0.1) is 0 Å². The molecule has 2 aliphatic rings. The summed E-state index contributed by atoms with van der Waals surface area (Å²) in [5.41, 5.74) is 2.72. The standard InChI is InChI=1S/C21H27N3O3/c1-3-6-14-13-17(24-27-14)20(25)23-18-15-7-4-5-8-16(15)21(19(18)26-2)9-11-22-12-10-21/h4-5,7-8,13,18-19,22H,3,6,9-12H2,1-2H3,(H,23,25)/t18-,19+/m1/s1. The Hall–Kier alpha value is -2.18. The summed E-state index contributed by atoms with van der Waals surface area (Å²) >= 11 is 0. The van der Waals surface area contributed by atoms with Crippen LogP contribution >= 0.6 is 0 Å². The smallest absolute Gasteiger partial charge is 0.274 e. The largest absolute Gasteiger partial charge is 0.378 e. The molecule has 1 aromatic heterocycles. The molecule has 0 radical (unpaired) electrons. The van der Waals surface area contributed by atoms with E-state index in [1.807, 2.05) is 6.07 Å². The average molecular weight is 369 g/mol. The van der Waals surface area contributed by atoms with Crippen LogP contribution in [0.5, 0.6) is 0 Å². The monoisotopic (exact) mass is 369 g/mol. The zero-order valence-corrected chi connectivity index (χ0v) is 16.0. The average Bonchev–Trinajstić information content (AvgIpc) is 3.26. The zero-order chi connectivity index (χ0) is 18.9. The molecule has 144 valence electrons. The minimum absolute atomic E-state index is 0.0638. The van der Waals surface area contributed by atoms with Crippen molar-refractivity contribution >= 4 is 5.91 Å². The summed E-state index contributed by atoms with van der Waals surface area (Å²) in [6, 6.07) is 9.95. The first-order valence-electron chi connectivity index (χ1n) is 9.79. The molecule has 27 heavy (non-hydrogen) atoms. The van der Waals surface area contributed by atoms with Crippen LogP contribution in [-0.2, 0) is 16.6 Å². The molecule has 1 spiro atoms. The van der Waals surface area contributed by atoms with E-state index in [4.69, 9.17) is 9.26 Å².